The van der Waals surface area contributed by atoms with Crippen LogP contribution in [-0.4, -0.2) is 7.11 Å². The van der Waals surface area contributed by atoms with Crippen LogP contribution in [0.15, 0.2) is 24.3 Å². The van der Waals surface area contributed by atoms with Gasteiger partial charge >= 0.3 is 0 Å². The lowest BCUT2D eigenvalue weighted by Crippen LogP contribution is -2.31. The summed E-state index contributed by atoms with van der Waals surface area (Å²) in [6, 6.07) is 8.41. The highest BCUT2D eigenvalue weighted by Crippen LogP contribution is 2.51. The van der Waals surface area contributed by atoms with Gasteiger partial charge in [-0.05, 0) is 49.5 Å². The Kier molecular flexibility index (Phi) is 3.76. The molecule has 0 radical (unpaired) electrons. The van der Waals surface area contributed by atoms with E-state index >= 15 is 0 Å². The van der Waals surface area contributed by atoms with Crippen LogP contribution in [0.2, 0.25) is 0 Å². The maximum atomic E-state index is 5.80. The maximum absolute atomic E-state index is 5.80. The molecule has 0 aliphatic heterocycles. The number of hydrogen-bond donors (Lipinski definition) is 2. The SMILES string of the molecule is COc1ccccc1C(CC1CC2CCC1C2)NN. The van der Waals surface area contributed by atoms with Crippen LogP contribution >= 0.6 is 0 Å². The topological polar surface area (TPSA) is 47.3 Å². The Bertz CT molecular complexity index is 435. The molecule has 2 saturated carbocycles. The van der Waals surface area contributed by atoms with Gasteiger partial charge in [0.1, 0.15) is 5.75 Å². The standard InChI is InChI=1S/C16H24N2O/c1-19-16-5-3-2-4-14(16)15(18-17)10-13-9-11-6-7-12(13)8-11/h2-5,11-13,15,18H,6-10,17H2,1H3. The third kappa shape index (κ3) is 2.49. The van der Waals surface area contributed by atoms with E-state index in [1.165, 1.54) is 31.2 Å². The quantitative estimate of drug-likeness (QED) is 0.632. The molecule has 1 aromatic carbocycles. The molecule has 2 aliphatic rings. The molecular formula is C16H24N2O. The average molecular weight is 260 g/mol. The van der Waals surface area contributed by atoms with Crippen LogP contribution in [0.1, 0.15) is 43.7 Å². The number of nitrogens with two attached hydrogens (primary N) is 1. The van der Waals surface area contributed by atoms with Crippen molar-refractivity contribution in [2.24, 2.45) is 23.6 Å². The summed E-state index contributed by atoms with van der Waals surface area (Å²) in [6.07, 6.45) is 6.87. The molecule has 4 unspecified atom stereocenters. The summed E-state index contributed by atoms with van der Waals surface area (Å²) >= 11 is 0. The van der Waals surface area contributed by atoms with E-state index in [1.807, 2.05) is 12.1 Å². The molecule has 3 N–H and O–H groups in total. The van der Waals surface area contributed by atoms with E-state index in [0.29, 0.717) is 0 Å². The smallest absolute Gasteiger partial charge is 0.123 e. The number of hydrogen-bond acceptors (Lipinski definition) is 3. The molecule has 3 nitrogen and oxygen atoms in total. The molecule has 104 valence electrons. The third-order valence-electron chi connectivity index (χ3n) is 5.14. The molecule has 3 heteroatoms. The Labute approximate surface area is 115 Å². The second-order valence-electron chi connectivity index (χ2n) is 6.13. The highest BCUT2D eigenvalue weighted by atomic mass is 16.5. The Hall–Kier alpha value is -1.06. The van der Waals surface area contributed by atoms with Gasteiger partial charge in [0.2, 0.25) is 0 Å². The van der Waals surface area contributed by atoms with Crippen molar-refractivity contribution in [2.75, 3.05) is 7.11 Å². The first-order chi connectivity index (χ1) is 9.31. The normalized spacial score (nSPS) is 30.5. The fourth-order valence-corrected chi connectivity index (χ4v) is 4.21. The lowest BCUT2D eigenvalue weighted by Gasteiger charge is -2.27. The fraction of sp³-hybridized carbons (Fsp3) is 0.625. The van der Waals surface area contributed by atoms with Crippen molar-refractivity contribution >= 4 is 0 Å². The largest absolute Gasteiger partial charge is 0.496 e. The number of para-hydroxylation sites is 1. The summed E-state index contributed by atoms with van der Waals surface area (Å²) in [7, 11) is 1.73. The summed E-state index contributed by atoms with van der Waals surface area (Å²) in [4.78, 5) is 0. The summed E-state index contributed by atoms with van der Waals surface area (Å²) in [6.45, 7) is 0. The molecule has 2 fully saturated rings. The molecule has 0 heterocycles. The molecule has 1 aromatic rings. The molecule has 3 rings (SSSR count). The zero-order chi connectivity index (χ0) is 13.2. The van der Waals surface area contributed by atoms with Crippen molar-refractivity contribution in [1.82, 2.24) is 5.43 Å². The van der Waals surface area contributed by atoms with Gasteiger partial charge in [-0.1, -0.05) is 24.6 Å². The van der Waals surface area contributed by atoms with E-state index in [0.717, 1.165) is 29.9 Å². The van der Waals surface area contributed by atoms with E-state index in [-0.39, 0.29) is 6.04 Å². The molecule has 4 atom stereocenters. The van der Waals surface area contributed by atoms with Crippen LogP contribution in [0.5, 0.6) is 5.75 Å². The van der Waals surface area contributed by atoms with Gasteiger partial charge in [-0.2, -0.15) is 0 Å². The zero-order valence-electron chi connectivity index (χ0n) is 11.6. The molecule has 19 heavy (non-hydrogen) atoms. The van der Waals surface area contributed by atoms with Gasteiger partial charge < -0.3 is 4.74 Å². The highest BCUT2D eigenvalue weighted by Gasteiger charge is 2.40. The van der Waals surface area contributed by atoms with Crippen LogP contribution in [0.4, 0.5) is 0 Å². The Morgan fingerprint density at radius 3 is 2.79 bits per heavy atom. The van der Waals surface area contributed by atoms with Crippen molar-refractivity contribution < 1.29 is 4.74 Å². The van der Waals surface area contributed by atoms with Gasteiger partial charge in [0, 0.05) is 11.6 Å². The summed E-state index contributed by atoms with van der Waals surface area (Å²) in [5.41, 5.74) is 4.19. The number of methoxy groups -OCH3 is 1. The van der Waals surface area contributed by atoms with Crippen LogP contribution in [0, 0.1) is 17.8 Å². The Balaban J connectivity index is 1.73. The summed E-state index contributed by atoms with van der Waals surface area (Å²) in [5.74, 6) is 9.51. The second-order valence-corrected chi connectivity index (χ2v) is 6.13. The summed E-state index contributed by atoms with van der Waals surface area (Å²) in [5, 5.41) is 0. The third-order valence-corrected chi connectivity index (χ3v) is 5.14. The predicted octanol–water partition coefficient (Wildman–Crippen LogP) is 3.03. The van der Waals surface area contributed by atoms with Crippen LogP contribution in [-0.2, 0) is 0 Å². The minimum Gasteiger partial charge on any atom is -0.496 e. The van der Waals surface area contributed by atoms with Gasteiger partial charge in [0.15, 0.2) is 0 Å². The molecule has 2 aliphatic carbocycles. The van der Waals surface area contributed by atoms with E-state index in [2.05, 4.69) is 17.6 Å². The van der Waals surface area contributed by atoms with Gasteiger partial charge in [-0.3, -0.25) is 11.3 Å². The lowest BCUT2D eigenvalue weighted by molar-refractivity contribution is 0.276. The Morgan fingerprint density at radius 1 is 1.32 bits per heavy atom. The highest BCUT2D eigenvalue weighted by molar-refractivity contribution is 5.35. The van der Waals surface area contributed by atoms with Crippen molar-refractivity contribution in [3.05, 3.63) is 29.8 Å². The van der Waals surface area contributed by atoms with Gasteiger partial charge in [0.25, 0.3) is 0 Å². The first-order valence-corrected chi connectivity index (χ1v) is 7.41. The molecule has 0 amide bonds. The van der Waals surface area contributed by atoms with Gasteiger partial charge in [-0.15, -0.1) is 0 Å². The molecular weight excluding hydrogens is 236 g/mol. The second kappa shape index (κ2) is 5.51. The molecule has 0 spiro atoms. The van der Waals surface area contributed by atoms with Crippen LogP contribution in [0.3, 0.4) is 0 Å². The number of ether oxygens (including phenoxy) is 1. The van der Waals surface area contributed by atoms with Crippen molar-refractivity contribution in [2.45, 2.75) is 38.1 Å². The van der Waals surface area contributed by atoms with E-state index in [1.54, 1.807) is 7.11 Å². The first kappa shape index (κ1) is 12.9. The van der Waals surface area contributed by atoms with Gasteiger partial charge in [0.05, 0.1) is 7.11 Å². The van der Waals surface area contributed by atoms with Crippen molar-refractivity contribution in [3.8, 4) is 5.75 Å². The van der Waals surface area contributed by atoms with Crippen molar-refractivity contribution in [1.29, 1.82) is 0 Å². The number of nitrogens with one attached hydrogen (secondary N) is 1. The number of rotatable bonds is 5. The number of hydrazine groups is 1. The fourth-order valence-electron chi connectivity index (χ4n) is 4.21. The summed E-state index contributed by atoms with van der Waals surface area (Å²) < 4.78 is 5.46. The average Bonchev–Trinajstić information content (AvgIpc) is 3.07. The number of fused-ring (bicyclic) bond motifs is 2. The number of benzene rings is 1. The maximum Gasteiger partial charge on any atom is 0.123 e. The van der Waals surface area contributed by atoms with E-state index in [4.69, 9.17) is 10.6 Å². The molecule has 0 aromatic heterocycles. The lowest BCUT2D eigenvalue weighted by atomic mass is 9.83. The molecule has 2 bridgehead atoms. The monoisotopic (exact) mass is 260 g/mol. The van der Waals surface area contributed by atoms with Gasteiger partial charge in [-0.25, -0.2) is 0 Å². The first-order valence-electron chi connectivity index (χ1n) is 7.41. The predicted molar refractivity (Wildman–Crippen MR) is 76.6 cm³/mol. The van der Waals surface area contributed by atoms with E-state index < -0.39 is 0 Å². The molecule has 0 saturated heterocycles. The minimum atomic E-state index is 0.209. The minimum absolute atomic E-state index is 0.209. The van der Waals surface area contributed by atoms with E-state index in [9.17, 15) is 0 Å². The van der Waals surface area contributed by atoms with Crippen LogP contribution < -0.4 is 16.0 Å². The Morgan fingerprint density at radius 2 is 2.16 bits per heavy atom. The van der Waals surface area contributed by atoms with Crippen molar-refractivity contribution in [3.63, 3.8) is 0 Å². The van der Waals surface area contributed by atoms with Crippen LogP contribution in [0.25, 0.3) is 0 Å². The zero-order valence-corrected chi connectivity index (χ0v) is 11.6.